The molecule has 2 aromatic carbocycles. The van der Waals surface area contributed by atoms with Crippen LogP contribution < -0.4 is 4.74 Å². The van der Waals surface area contributed by atoms with Gasteiger partial charge in [-0.2, -0.15) is 0 Å². The molecule has 0 bridgehead atoms. The number of hydrogen-bond acceptors (Lipinski definition) is 4. The Labute approximate surface area is 172 Å². The van der Waals surface area contributed by atoms with Crippen molar-refractivity contribution in [3.05, 3.63) is 54.1 Å². The summed E-state index contributed by atoms with van der Waals surface area (Å²) in [5.41, 5.74) is 3.16. The molecule has 6 heteroatoms. The number of nitrogens with zero attached hydrogens (tertiary/aromatic N) is 2. The molecule has 0 aromatic heterocycles. The van der Waals surface area contributed by atoms with Crippen LogP contribution in [-0.2, 0) is 20.7 Å². The maximum absolute atomic E-state index is 12.9. The summed E-state index contributed by atoms with van der Waals surface area (Å²) in [7, 11) is 3.15. The van der Waals surface area contributed by atoms with Crippen LogP contribution in [0, 0.1) is 0 Å². The van der Waals surface area contributed by atoms with Gasteiger partial charge in [-0.25, -0.2) is 0 Å². The molecule has 29 heavy (non-hydrogen) atoms. The molecule has 0 aliphatic carbocycles. The summed E-state index contributed by atoms with van der Waals surface area (Å²) in [6.07, 6.45) is 0.489. The lowest BCUT2D eigenvalue weighted by molar-refractivity contribution is -0.153. The average molecular weight is 396 g/mol. The molecule has 0 saturated carbocycles. The second-order valence-corrected chi connectivity index (χ2v) is 7.09. The minimum absolute atomic E-state index is 0.0000697. The molecule has 1 atom stereocenters. The lowest BCUT2D eigenvalue weighted by Crippen LogP contribution is -2.60. The van der Waals surface area contributed by atoms with Crippen molar-refractivity contribution in [1.82, 2.24) is 9.80 Å². The summed E-state index contributed by atoms with van der Waals surface area (Å²) in [6.45, 7) is 3.70. The summed E-state index contributed by atoms with van der Waals surface area (Å²) in [4.78, 5) is 28.8. The molecule has 1 heterocycles. The number of rotatable bonds is 7. The van der Waals surface area contributed by atoms with Crippen molar-refractivity contribution < 1.29 is 19.1 Å². The quantitative estimate of drug-likeness (QED) is 0.722. The Morgan fingerprint density at radius 2 is 1.83 bits per heavy atom. The average Bonchev–Trinajstić information content (AvgIpc) is 2.75. The standard InChI is InChI=1S/C23H28N2O4/c1-4-24-12-13-25(22(26)16-28-2)21(23(24)27)14-17-8-10-18(11-9-17)19-6-5-7-20(15-19)29-3/h5-11,15,21H,4,12-14,16H2,1-3H3. The Balaban J connectivity index is 1.79. The molecule has 1 aliphatic heterocycles. The van der Waals surface area contributed by atoms with Crippen molar-refractivity contribution in [2.45, 2.75) is 19.4 Å². The summed E-state index contributed by atoms with van der Waals surface area (Å²) in [6, 6.07) is 15.5. The first-order valence-electron chi connectivity index (χ1n) is 9.88. The maximum atomic E-state index is 12.9. The largest absolute Gasteiger partial charge is 0.497 e. The van der Waals surface area contributed by atoms with Gasteiger partial charge in [0.1, 0.15) is 18.4 Å². The third-order valence-electron chi connectivity index (χ3n) is 5.34. The number of piperazine rings is 1. The Morgan fingerprint density at radius 1 is 1.07 bits per heavy atom. The predicted octanol–water partition coefficient (Wildman–Crippen LogP) is 2.61. The van der Waals surface area contributed by atoms with Crippen molar-refractivity contribution in [2.75, 3.05) is 40.5 Å². The third kappa shape index (κ3) is 4.77. The highest BCUT2D eigenvalue weighted by Gasteiger charge is 2.36. The number of hydrogen-bond donors (Lipinski definition) is 0. The van der Waals surface area contributed by atoms with Gasteiger partial charge in [-0.3, -0.25) is 9.59 Å². The minimum Gasteiger partial charge on any atom is -0.497 e. The van der Waals surface area contributed by atoms with E-state index in [-0.39, 0.29) is 18.4 Å². The van der Waals surface area contributed by atoms with Gasteiger partial charge in [0.25, 0.3) is 0 Å². The monoisotopic (exact) mass is 396 g/mol. The Kier molecular flexibility index (Phi) is 6.88. The van der Waals surface area contributed by atoms with Gasteiger partial charge in [0.05, 0.1) is 7.11 Å². The van der Waals surface area contributed by atoms with E-state index in [0.29, 0.717) is 26.1 Å². The van der Waals surface area contributed by atoms with Crippen LogP contribution in [0.25, 0.3) is 11.1 Å². The third-order valence-corrected chi connectivity index (χ3v) is 5.34. The first-order valence-corrected chi connectivity index (χ1v) is 9.88. The predicted molar refractivity (Wildman–Crippen MR) is 112 cm³/mol. The van der Waals surface area contributed by atoms with E-state index < -0.39 is 6.04 Å². The van der Waals surface area contributed by atoms with Gasteiger partial charge < -0.3 is 19.3 Å². The molecular formula is C23H28N2O4. The first kappa shape index (κ1) is 20.9. The first-order chi connectivity index (χ1) is 14.1. The molecule has 1 aliphatic rings. The normalized spacial score (nSPS) is 16.8. The zero-order valence-electron chi connectivity index (χ0n) is 17.3. The fourth-order valence-corrected chi connectivity index (χ4v) is 3.71. The lowest BCUT2D eigenvalue weighted by Gasteiger charge is -2.40. The molecule has 1 unspecified atom stereocenters. The molecule has 154 valence electrons. The maximum Gasteiger partial charge on any atom is 0.249 e. The molecule has 2 amide bonds. The van der Waals surface area contributed by atoms with Crippen LogP contribution in [-0.4, -0.2) is 68.1 Å². The van der Waals surface area contributed by atoms with Crippen LogP contribution in [0.1, 0.15) is 12.5 Å². The molecule has 1 saturated heterocycles. The second-order valence-electron chi connectivity index (χ2n) is 7.09. The van der Waals surface area contributed by atoms with Gasteiger partial charge in [0.15, 0.2) is 0 Å². The van der Waals surface area contributed by atoms with Crippen LogP contribution in [0.4, 0.5) is 0 Å². The SMILES string of the molecule is CCN1CCN(C(=O)COC)C(Cc2ccc(-c3cccc(OC)c3)cc2)C1=O. The van der Waals surface area contributed by atoms with Gasteiger partial charge in [-0.05, 0) is 35.7 Å². The molecule has 3 rings (SSSR count). The Morgan fingerprint density at radius 3 is 2.48 bits per heavy atom. The van der Waals surface area contributed by atoms with Gasteiger partial charge in [-0.1, -0.05) is 36.4 Å². The summed E-state index contributed by atoms with van der Waals surface area (Å²) >= 11 is 0. The molecular weight excluding hydrogens is 368 g/mol. The van der Waals surface area contributed by atoms with E-state index >= 15 is 0 Å². The van der Waals surface area contributed by atoms with E-state index in [1.165, 1.54) is 7.11 Å². The van der Waals surface area contributed by atoms with Crippen molar-refractivity contribution in [1.29, 1.82) is 0 Å². The van der Waals surface area contributed by atoms with Crippen LogP contribution in [0.5, 0.6) is 5.75 Å². The van der Waals surface area contributed by atoms with E-state index in [2.05, 4.69) is 0 Å². The summed E-state index contributed by atoms with van der Waals surface area (Å²) < 4.78 is 10.3. The van der Waals surface area contributed by atoms with Crippen molar-refractivity contribution in [3.8, 4) is 16.9 Å². The van der Waals surface area contributed by atoms with E-state index in [1.807, 2.05) is 60.4 Å². The topological polar surface area (TPSA) is 59.1 Å². The van der Waals surface area contributed by atoms with Crippen LogP contribution >= 0.6 is 0 Å². The summed E-state index contributed by atoms with van der Waals surface area (Å²) in [5.74, 6) is 0.668. The van der Waals surface area contributed by atoms with Gasteiger partial charge in [0, 0.05) is 33.2 Å². The van der Waals surface area contributed by atoms with E-state index in [9.17, 15) is 9.59 Å². The molecule has 0 radical (unpaired) electrons. The lowest BCUT2D eigenvalue weighted by atomic mass is 9.98. The zero-order chi connectivity index (χ0) is 20.8. The number of carbonyl (C=O) groups is 2. The fraction of sp³-hybridized carbons (Fsp3) is 0.391. The van der Waals surface area contributed by atoms with Gasteiger partial charge in [-0.15, -0.1) is 0 Å². The zero-order valence-corrected chi connectivity index (χ0v) is 17.3. The molecule has 6 nitrogen and oxygen atoms in total. The minimum atomic E-state index is -0.492. The number of amides is 2. The molecule has 2 aromatic rings. The van der Waals surface area contributed by atoms with Crippen LogP contribution in [0.15, 0.2) is 48.5 Å². The van der Waals surface area contributed by atoms with Crippen LogP contribution in [0.2, 0.25) is 0 Å². The summed E-state index contributed by atoms with van der Waals surface area (Å²) in [5, 5.41) is 0. The van der Waals surface area contributed by atoms with Crippen molar-refractivity contribution in [3.63, 3.8) is 0 Å². The number of carbonyl (C=O) groups excluding carboxylic acids is 2. The highest BCUT2D eigenvalue weighted by molar-refractivity contribution is 5.89. The van der Waals surface area contributed by atoms with Crippen molar-refractivity contribution in [2.24, 2.45) is 0 Å². The Bertz CT molecular complexity index is 850. The fourth-order valence-electron chi connectivity index (χ4n) is 3.71. The van der Waals surface area contributed by atoms with Crippen molar-refractivity contribution >= 4 is 11.8 Å². The molecule has 0 N–H and O–H groups in total. The van der Waals surface area contributed by atoms with E-state index in [0.717, 1.165) is 22.4 Å². The molecule has 1 fully saturated rings. The number of likely N-dealkylation sites (N-methyl/N-ethyl adjacent to an activating group) is 1. The number of benzene rings is 2. The Hall–Kier alpha value is -2.86. The smallest absolute Gasteiger partial charge is 0.249 e. The second kappa shape index (κ2) is 9.56. The van der Waals surface area contributed by atoms with E-state index in [1.54, 1.807) is 12.0 Å². The van der Waals surface area contributed by atoms with Crippen LogP contribution in [0.3, 0.4) is 0 Å². The molecule has 0 spiro atoms. The van der Waals surface area contributed by atoms with Gasteiger partial charge in [0.2, 0.25) is 11.8 Å². The highest BCUT2D eigenvalue weighted by atomic mass is 16.5. The number of methoxy groups -OCH3 is 2. The van der Waals surface area contributed by atoms with E-state index in [4.69, 9.17) is 9.47 Å². The van der Waals surface area contributed by atoms with Gasteiger partial charge >= 0.3 is 0 Å². The number of ether oxygens (including phenoxy) is 2. The highest BCUT2D eigenvalue weighted by Crippen LogP contribution is 2.25.